The number of anilines is 3. The van der Waals surface area contributed by atoms with Crippen LogP contribution in [0.1, 0.15) is 52.8 Å². The number of hydrogen-bond acceptors (Lipinski definition) is 10. The highest BCUT2D eigenvalue weighted by Gasteiger charge is 2.24. The first kappa shape index (κ1) is 22.6. The number of thiophene rings is 1. The summed E-state index contributed by atoms with van der Waals surface area (Å²) in [6.07, 6.45) is 6.85. The SMILES string of the molecule is CC(=O)c1ccc(-c2cc(Nc3nc(N[C@@H]4CCCC[C@@H]4N)nnc3C(N)=O)c[n+](O)c2)s1. The van der Waals surface area contributed by atoms with Gasteiger partial charge in [-0.1, -0.05) is 12.8 Å². The second-order valence-corrected chi connectivity index (χ2v) is 9.02. The standard InChI is InChI=1S/C21H24N8O3S/c1-11(30)16-6-7-17(33-16)12-8-13(10-29(32)9-12)24-20-18(19(23)31)27-28-21(26-20)25-15-5-3-2-4-14(15)22/h6-10,14-15H,2-5,22H2,1H3,(H4-,23,24,25,26,28,31,32)/p+1/t14-,15+/m0/s1. The van der Waals surface area contributed by atoms with Crippen LogP contribution in [0.5, 0.6) is 0 Å². The molecule has 1 aliphatic rings. The van der Waals surface area contributed by atoms with Crippen LogP contribution >= 0.6 is 11.3 Å². The molecule has 1 aliphatic carbocycles. The van der Waals surface area contributed by atoms with Crippen LogP contribution in [0.2, 0.25) is 0 Å². The highest BCUT2D eigenvalue weighted by atomic mass is 32.1. The smallest absolute Gasteiger partial charge is 0.273 e. The number of carbonyl (C=O) groups excluding carboxylic acids is 2. The molecule has 7 N–H and O–H groups in total. The normalized spacial score (nSPS) is 18.0. The zero-order valence-electron chi connectivity index (χ0n) is 18.0. The van der Waals surface area contributed by atoms with E-state index in [1.54, 1.807) is 18.2 Å². The van der Waals surface area contributed by atoms with Crippen molar-refractivity contribution in [1.82, 2.24) is 15.2 Å². The van der Waals surface area contributed by atoms with E-state index in [0.717, 1.165) is 35.3 Å². The topological polar surface area (TPSA) is 173 Å². The van der Waals surface area contributed by atoms with E-state index < -0.39 is 5.91 Å². The van der Waals surface area contributed by atoms with E-state index in [4.69, 9.17) is 11.5 Å². The summed E-state index contributed by atoms with van der Waals surface area (Å²) < 4.78 is 0.879. The molecule has 0 aromatic carbocycles. The Morgan fingerprint density at radius 3 is 2.70 bits per heavy atom. The van der Waals surface area contributed by atoms with E-state index in [-0.39, 0.29) is 35.3 Å². The number of ketones is 1. The van der Waals surface area contributed by atoms with Gasteiger partial charge in [0.05, 0.1) is 10.4 Å². The molecule has 4 rings (SSSR count). The monoisotopic (exact) mass is 469 g/mol. The highest BCUT2D eigenvalue weighted by Crippen LogP contribution is 2.30. The lowest BCUT2D eigenvalue weighted by Crippen LogP contribution is -2.43. The quantitative estimate of drug-likeness (QED) is 0.196. The number of rotatable bonds is 7. The predicted octanol–water partition coefficient (Wildman–Crippen LogP) is 1.85. The van der Waals surface area contributed by atoms with Crippen molar-refractivity contribution < 1.29 is 19.5 Å². The summed E-state index contributed by atoms with van der Waals surface area (Å²) in [7, 11) is 0. The summed E-state index contributed by atoms with van der Waals surface area (Å²) in [5.41, 5.74) is 12.6. The van der Waals surface area contributed by atoms with Crippen molar-refractivity contribution in [3.8, 4) is 10.4 Å². The van der Waals surface area contributed by atoms with E-state index in [1.807, 2.05) is 0 Å². The Kier molecular flexibility index (Phi) is 6.47. The third-order valence-electron chi connectivity index (χ3n) is 5.41. The maximum atomic E-state index is 11.9. The summed E-state index contributed by atoms with van der Waals surface area (Å²) in [4.78, 5) is 29.3. The van der Waals surface area contributed by atoms with Gasteiger partial charge < -0.3 is 22.1 Å². The first-order valence-electron chi connectivity index (χ1n) is 10.5. The van der Waals surface area contributed by atoms with Gasteiger partial charge in [0.25, 0.3) is 5.91 Å². The van der Waals surface area contributed by atoms with Gasteiger partial charge in [-0.3, -0.25) is 14.8 Å². The van der Waals surface area contributed by atoms with Gasteiger partial charge in [0, 0.05) is 21.7 Å². The van der Waals surface area contributed by atoms with Gasteiger partial charge in [-0.15, -0.1) is 21.5 Å². The molecule has 0 bridgehead atoms. The number of nitrogens with two attached hydrogens (primary N) is 2. The van der Waals surface area contributed by atoms with E-state index in [0.29, 0.717) is 16.1 Å². The average molecular weight is 470 g/mol. The van der Waals surface area contributed by atoms with Gasteiger partial charge in [0.1, 0.15) is 5.69 Å². The molecule has 11 nitrogen and oxygen atoms in total. The van der Waals surface area contributed by atoms with Crippen LogP contribution in [0.25, 0.3) is 10.4 Å². The first-order chi connectivity index (χ1) is 15.8. The van der Waals surface area contributed by atoms with Gasteiger partial charge in [-0.2, -0.15) is 4.98 Å². The van der Waals surface area contributed by atoms with E-state index in [9.17, 15) is 14.8 Å². The van der Waals surface area contributed by atoms with Crippen molar-refractivity contribution in [3.63, 3.8) is 0 Å². The largest absolute Gasteiger partial charge is 0.364 e. The summed E-state index contributed by atoms with van der Waals surface area (Å²) >= 11 is 1.31. The van der Waals surface area contributed by atoms with Crippen LogP contribution in [-0.2, 0) is 0 Å². The van der Waals surface area contributed by atoms with Crippen molar-refractivity contribution in [3.05, 3.63) is 41.2 Å². The third kappa shape index (κ3) is 5.23. The highest BCUT2D eigenvalue weighted by molar-refractivity contribution is 7.17. The summed E-state index contributed by atoms with van der Waals surface area (Å²) in [5.74, 6) is -0.511. The van der Waals surface area contributed by atoms with Crippen LogP contribution in [0, 0.1) is 0 Å². The maximum Gasteiger partial charge on any atom is 0.273 e. The lowest BCUT2D eigenvalue weighted by molar-refractivity contribution is -0.904. The minimum absolute atomic E-state index is 0.00468. The Balaban J connectivity index is 1.63. The minimum Gasteiger partial charge on any atom is -0.364 e. The average Bonchev–Trinajstić information content (AvgIpc) is 3.26. The number of primary amides is 1. The Bertz CT molecular complexity index is 1200. The summed E-state index contributed by atoms with van der Waals surface area (Å²) in [6.45, 7) is 1.50. The molecule has 0 spiro atoms. The van der Waals surface area contributed by atoms with Crippen LogP contribution in [0.15, 0.2) is 30.6 Å². The zero-order valence-corrected chi connectivity index (χ0v) is 18.8. The van der Waals surface area contributed by atoms with E-state index in [1.165, 1.54) is 30.7 Å². The van der Waals surface area contributed by atoms with Crippen LogP contribution in [0.4, 0.5) is 17.5 Å². The van der Waals surface area contributed by atoms with E-state index in [2.05, 4.69) is 25.8 Å². The molecule has 33 heavy (non-hydrogen) atoms. The molecule has 3 aromatic rings. The van der Waals surface area contributed by atoms with Gasteiger partial charge in [-0.05, 0) is 38.0 Å². The van der Waals surface area contributed by atoms with Gasteiger partial charge in [0.2, 0.25) is 18.3 Å². The maximum absolute atomic E-state index is 11.9. The number of nitrogens with one attached hydrogen (secondary N) is 2. The fraction of sp³-hybridized carbons (Fsp3) is 0.333. The Morgan fingerprint density at radius 2 is 2.00 bits per heavy atom. The Hall–Kier alpha value is -3.64. The van der Waals surface area contributed by atoms with Gasteiger partial charge in [-0.25, -0.2) is 0 Å². The molecule has 0 saturated heterocycles. The molecule has 2 atom stereocenters. The molecular formula is C21H25N8O3S+. The second kappa shape index (κ2) is 9.46. The zero-order chi connectivity index (χ0) is 23.5. The van der Waals surface area contributed by atoms with Crippen molar-refractivity contribution in [2.24, 2.45) is 11.5 Å². The molecule has 0 radical (unpaired) electrons. The Labute approximate surface area is 193 Å². The first-order valence-corrected chi connectivity index (χ1v) is 11.3. The number of carbonyl (C=O) groups is 2. The van der Waals surface area contributed by atoms with Crippen LogP contribution in [-0.4, -0.2) is 44.2 Å². The van der Waals surface area contributed by atoms with E-state index >= 15 is 0 Å². The number of nitrogens with zero attached hydrogens (tertiary/aromatic N) is 4. The minimum atomic E-state index is -0.796. The number of hydrogen-bond donors (Lipinski definition) is 5. The molecule has 0 aliphatic heterocycles. The van der Waals surface area contributed by atoms with Crippen molar-refractivity contribution in [1.29, 1.82) is 0 Å². The number of amides is 1. The van der Waals surface area contributed by atoms with Gasteiger partial charge >= 0.3 is 0 Å². The molecule has 1 amide bonds. The second-order valence-electron chi connectivity index (χ2n) is 7.93. The van der Waals surface area contributed by atoms with Crippen LogP contribution < -0.4 is 26.8 Å². The molecular weight excluding hydrogens is 444 g/mol. The molecule has 1 fully saturated rings. The number of pyridine rings is 1. The molecule has 12 heteroatoms. The van der Waals surface area contributed by atoms with Crippen molar-refractivity contribution in [2.75, 3.05) is 10.6 Å². The number of aromatic nitrogens is 4. The Morgan fingerprint density at radius 1 is 1.21 bits per heavy atom. The summed E-state index contributed by atoms with van der Waals surface area (Å²) in [5, 5.41) is 24.3. The molecule has 3 aromatic heterocycles. The fourth-order valence-electron chi connectivity index (χ4n) is 3.73. The van der Waals surface area contributed by atoms with Gasteiger partial charge in [0.15, 0.2) is 17.3 Å². The number of Topliss-reactive ketones (excluding diaryl/α,β-unsaturated/α-hetero) is 1. The molecule has 1 saturated carbocycles. The van der Waals surface area contributed by atoms with Crippen molar-refractivity contribution >= 4 is 40.5 Å². The molecule has 172 valence electrons. The fourth-order valence-corrected chi connectivity index (χ4v) is 4.61. The van der Waals surface area contributed by atoms with Crippen molar-refractivity contribution in [2.45, 2.75) is 44.7 Å². The third-order valence-corrected chi connectivity index (χ3v) is 6.64. The van der Waals surface area contributed by atoms with Crippen LogP contribution in [0.3, 0.4) is 0 Å². The molecule has 0 unspecified atom stereocenters. The summed E-state index contributed by atoms with van der Waals surface area (Å²) in [6, 6.07) is 5.27. The lowest BCUT2D eigenvalue weighted by atomic mass is 9.91. The lowest BCUT2D eigenvalue weighted by Gasteiger charge is -2.29. The predicted molar refractivity (Wildman–Crippen MR) is 123 cm³/mol. The molecule has 3 heterocycles.